The molecular weight excluding hydrogens is 482 g/mol. The molecule has 0 bridgehead atoms. The van der Waals surface area contributed by atoms with Gasteiger partial charge in [0, 0.05) is 36.5 Å². The third-order valence-corrected chi connectivity index (χ3v) is 13.0. The summed E-state index contributed by atoms with van der Waals surface area (Å²) >= 11 is 2.12. The summed E-state index contributed by atoms with van der Waals surface area (Å²) in [7, 11) is 0. The fourth-order valence-corrected chi connectivity index (χ4v) is 11.8. The van der Waals surface area contributed by atoms with Gasteiger partial charge in [0.15, 0.2) is 0 Å². The SMILES string of the molecule is CC(=O)O[C@@H]1CC[C@]2(C)[C@H]3CC[C@]4(C)[C@@H](OC(C)=O)CC[C@H]4[C@@H]3C[C@@H]3SC(c4cccc(C)c4)N[C@@]32C1. The van der Waals surface area contributed by atoms with E-state index < -0.39 is 0 Å². The number of benzene rings is 1. The fraction of sp³-hybridized carbons (Fsp3) is 0.742. The third kappa shape index (κ3) is 3.91. The number of hydrogen-bond acceptors (Lipinski definition) is 6. The number of carbonyl (C=O) groups excluding carboxylic acids is 2. The Labute approximate surface area is 226 Å². The van der Waals surface area contributed by atoms with Crippen LogP contribution in [-0.4, -0.2) is 34.9 Å². The number of fused-ring (bicyclic) bond motifs is 4. The summed E-state index contributed by atoms with van der Waals surface area (Å²) in [4.78, 5) is 23.9. The minimum absolute atomic E-state index is 0.0114. The first-order valence-corrected chi connectivity index (χ1v) is 15.3. The molecule has 4 saturated carbocycles. The number of thioether (sulfide) groups is 1. The first-order chi connectivity index (χ1) is 17.6. The first-order valence-electron chi connectivity index (χ1n) is 14.4. The standard InChI is InChI=1S/C31H43NO4S/c1-18-7-6-8-21(15-18)28-32-31-17-22(35-19(2)33)11-14-30(31,5)25-12-13-29(4)24(23(25)16-27(31)37-28)9-10-26(29)36-20(3)34/h6-8,15,22-28,32H,9-14,16-17H2,1-5H3/t22-,23+,24+,25+,26+,27+,28?,29+,30-,31+/m1/s1. The molecule has 0 aromatic heterocycles. The Bertz CT molecular complexity index is 1090. The molecule has 1 saturated heterocycles. The molecule has 1 N–H and O–H groups in total. The minimum Gasteiger partial charge on any atom is -0.462 e. The van der Waals surface area contributed by atoms with Crippen LogP contribution in [0.3, 0.4) is 0 Å². The minimum atomic E-state index is -0.160. The van der Waals surface area contributed by atoms with Crippen molar-refractivity contribution in [2.24, 2.45) is 28.6 Å². The van der Waals surface area contributed by atoms with E-state index in [0.29, 0.717) is 23.0 Å². The topological polar surface area (TPSA) is 64.6 Å². The van der Waals surface area contributed by atoms with E-state index in [2.05, 4.69) is 62.1 Å². The Morgan fingerprint density at radius 1 is 1.00 bits per heavy atom. The number of carbonyl (C=O) groups is 2. The van der Waals surface area contributed by atoms with E-state index in [1.807, 2.05) is 0 Å². The number of rotatable bonds is 3. The number of aryl methyl sites for hydroxylation is 1. The van der Waals surface area contributed by atoms with Gasteiger partial charge in [0.2, 0.25) is 0 Å². The van der Waals surface area contributed by atoms with Gasteiger partial charge in [-0.1, -0.05) is 43.7 Å². The number of esters is 2. The molecule has 0 radical (unpaired) electrons. The zero-order valence-corrected chi connectivity index (χ0v) is 23.9. The highest BCUT2D eigenvalue weighted by Gasteiger charge is 2.70. The summed E-state index contributed by atoms with van der Waals surface area (Å²) in [5.41, 5.74) is 2.83. The molecule has 1 heterocycles. The highest BCUT2D eigenvalue weighted by Crippen LogP contribution is 2.71. The molecule has 4 aliphatic carbocycles. The van der Waals surface area contributed by atoms with Gasteiger partial charge in [-0.25, -0.2) is 0 Å². The summed E-state index contributed by atoms with van der Waals surface area (Å²) in [6.45, 7) is 10.3. The first kappa shape index (κ1) is 25.7. The molecule has 1 spiro atoms. The second-order valence-electron chi connectivity index (χ2n) is 13.3. The maximum atomic E-state index is 12.0. The van der Waals surface area contributed by atoms with E-state index in [-0.39, 0.29) is 45.9 Å². The second-order valence-corrected chi connectivity index (χ2v) is 14.6. The average molecular weight is 526 g/mol. The summed E-state index contributed by atoms with van der Waals surface area (Å²) in [5.74, 6) is 1.60. The van der Waals surface area contributed by atoms with Gasteiger partial charge in [-0.05, 0) is 80.6 Å². The van der Waals surface area contributed by atoms with Crippen molar-refractivity contribution in [3.05, 3.63) is 35.4 Å². The molecule has 6 heteroatoms. The Morgan fingerprint density at radius 3 is 2.51 bits per heavy atom. The summed E-state index contributed by atoms with van der Waals surface area (Å²) in [6.07, 6.45) is 8.69. The monoisotopic (exact) mass is 525 g/mol. The predicted molar refractivity (Wildman–Crippen MR) is 146 cm³/mol. The highest BCUT2D eigenvalue weighted by molar-refractivity contribution is 8.00. The normalized spacial score (nSPS) is 46.2. The van der Waals surface area contributed by atoms with Crippen LogP contribution < -0.4 is 5.32 Å². The van der Waals surface area contributed by atoms with Crippen LogP contribution in [0.1, 0.15) is 95.6 Å². The molecule has 5 nitrogen and oxygen atoms in total. The number of nitrogens with one attached hydrogen (secondary N) is 1. The molecule has 0 amide bonds. The molecule has 6 rings (SSSR count). The Kier molecular flexibility index (Phi) is 6.27. The van der Waals surface area contributed by atoms with Gasteiger partial charge in [0.25, 0.3) is 0 Å². The van der Waals surface area contributed by atoms with Crippen molar-refractivity contribution in [2.45, 2.75) is 114 Å². The lowest BCUT2D eigenvalue weighted by atomic mass is 9.42. The predicted octanol–water partition coefficient (Wildman–Crippen LogP) is 6.34. The van der Waals surface area contributed by atoms with E-state index in [9.17, 15) is 9.59 Å². The van der Waals surface area contributed by atoms with E-state index in [1.165, 1.54) is 30.4 Å². The van der Waals surface area contributed by atoms with Crippen LogP contribution in [0.4, 0.5) is 0 Å². The van der Waals surface area contributed by atoms with Crippen molar-refractivity contribution in [3.63, 3.8) is 0 Å². The second kappa shape index (κ2) is 9.01. The summed E-state index contributed by atoms with van der Waals surface area (Å²) in [6, 6.07) is 8.94. The molecule has 37 heavy (non-hydrogen) atoms. The van der Waals surface area contributed by atoms with Gasteiger partial charge in [0.1, 0.15) is 12.2 Å². The van der Waals surface area contributed by atoms with Gasteiger partial charge in [-0.2, -0.15) is 0 Å². The van der Waals surface area contributed by atoms with Crippen molar-refractivity contribution in [3.8, 4) is 0 Å². The zero-order chi connectivity index (χ0) is 26.2. The molecule has 1 aromatic carbocycles. The largest absolute Gasteiger partial charge is 0.462 e. The van der Waals surface area contributed by atoms with Crippen LogP contribution in [-0.2, 0) is 19.1 Å². The van der Waals surface area contributed by atoms with Gasteiger partial charge in [-0.3, -0.25) is 14.9 Å². The molecule has 5 fully saturated rings. The van der Waals surface area contributed by atoms with Gasteiger partial charge < -0.3 is 9.47 Å². The van der Waals surface area contributed by atoms with Crippen molar-refractivity contribution >= 4 is 23.7 Å². The Hall–Kier alpha value is -1.53. The van der Waals surface area contributed by atoms with E-state index in [4.69, 9.17) is 9.47 Å². The smallest absolute Gasteiger partial charge is 0.302 e. The molecular formula is C31H43NO4S. The molecule has 202 valence electrons. The molecule has 1 aliphatic heterocycles. The molecule has 1 aromatic rings. The third-order valence-electron chi connectivity index (χ3n) is 11.4. The maximum Gasteiger partial charge on any atom is 0.302 e. The molecule has 1 unspecified atom stereocenters. The lowest BCUT2D eigenvalue weighted by molar-refractivity contribution is -0.173. The molecule has 5 aliphatic rings. The average Bonchev–Trinajstić information content (AvgIpc) is 3.35. The van der Waals surface area contributed by atoms with Crippen LogP contribution in [0.25, 0.3) is 0 Å². The van der Waals surface area contributed by atoms with Crippen LogP contribution in [0.5, 0.6) is 0 Å². The fourth-order valence-electron chi connectivity index (χ4n) is 9.85. The van der Waals surface area contributed by atoms with Crippen LogP contribution in [0.15, 0.2) is 24.3 Å². The van der Waals surface area contributed by atoms with Gasteiger partial charge >= 0.3 is 11.9 Å². The van der Waals surface area contributed by atoms with Crippen molar-refractivity contribution in [2.75, 3.05) is 0 Å². The molecule has 10 atom stereocenters. The van der Waals surface area contributed by atoms with E-state index >= 15 is 0 Å². The maximum absolute atomic E-state index is 12.0. The Balaban J connectivity index is 1.37. The zero-order valence-electron chi connectivity index (χ0n) is 23.0. The van der Waals surface area contributed by atoms with Gasteiger partial charge in [0.05, 0.1) is 5.37 Å². The lowest BCUT2D eigenvalue weighted by Gasteiger charge is -2.66. The van der Waals surface area contributed by atoms with Crippen LogP contribution >= 0.6 is 11.8 Å². The van der Waals surface area contributed by atoms with Crippen LogP contribution in [0, 0.1) is 35.5 Å². The van der Waals surface area contributed by atoms with Gasteiger partial charge in [-0.15, -0.1) is 11.8 Å². The van der Waals surface area contributed by atoms with E-state index in [1.54, 1.807) is 13.8 Å². The summed E-state index contributed by atoms with van der Waals surface area (Å²) in [5, 5.41) is 4.96. The van der Waals surface area contributed by atoms with Crippen molar-refractivity contribution in [1.82, 2.24) is 5.32 Å². The lowest BCUT2D eigenvalue weighted by Crippen LogP contribution is -2.71. The summed E-state index contributed by atoms with van der Waals surface area (Å²) < 4.78 is 11.8. The number of ether oxygens (including phenoxy) is 2. The Morgan fingerprint density at radius 2 is 1.78 bits per heavy atom. The van der Waals surface area contributed by atoms with E-state index in [0.717, 1.165) is 32.1 Å². The number of hydrogen-bond donors (Lipinski definition) is 1. The van der Waals surface area contributed by atoms with Crippen molar-refractivity contribution < 1.29 is 19.1 Å². The highest BCUT2D eigenvalue weighted by atomic mass is 32.2. The van der Waals surface area contributed by atoms with Crippen molar-refractivity contribution in [1.29, 1.82) is 0 Å². The van der Waals surface area contributed by atoms with Crippen LogP contribution in [0.2, 0.25) is 0 Å². The quantitative estimate of drug-likeness (QED) is 0.465.